The van der Waals surface area contributed by atoms with E-state index in [0.29, 0.717) is 61.1 Å². The standard InChI is InChI=1S/C29H35Cl2N3O3/c1-18-13-19(2)15-23(14-18)28(36)32(4)27-9-12-34(17-24(27)22-5-6-25(30)26(31)16-22)29(37)21-7-10-33(11-8-21)20(3)35/h5-6,13-16,21,24,27H,7-12,17H2,1-4H3. The molecule has 0 aliphatic carbocycles. The summed E-state index contributed by atoms with van der Waals surface area (Å²) in [7, 11) is 1.85. The van der Waals surface area contributed by atoms with Crippen molar-refractivity contribution in [2.45, 2.75) is 52.0 Å². The number of likely N-dealkylation sites (tertiary alicyclic amines) is 2. The van der Waals surface area contributed by atoms with Crippen molar-refractivity contribution in [1.82, 2.24) is 14.7 Å². The predicted molar refractivity (Wildman–Crippen MR) is 147 cm³/mol. The van der Waals surface area contributed by atoms with Gasteiger partial charge in [0.1, 0.15) is 0 Å². The lowest BCUT2D eigenvalue weighted by atomic mass is 9.83. The quantitative estimate of drug-likeness (QED) is 0.523. The van der Waals surface area contributed by atoms with Gasteiger partial charge in [-0.1, -0.05) is 46.5 Å². The molecule has 4 rings (SSSR count). The Balaban J connectivity index is 1.57. The Morgan fingerprint density at radius 2 is 1.49 bits per heavy atom. The first kappa shape index (κ1) is 27.5. The van der Waals surface area contributed by atoms with Crippen LogP contribution in [-0.4, -0.2) is 71.7 Å². The Labute approximate surface area is 229 Å². The molecular weight excluding hydrogens is 509 g/mol. The van der Waals surface area contributed by atoms with Crippen molar-refractivity contribution in [2.24, 2.45) is 5.92 Å². The normalized spacial score (nSPS) is 20.6. The molecule has 2 heterocycles. The fraction of sp³-hybridized carbons (Fsp3) is 0.483. The number of nitrogens with zero attached hydrogens (tertiary/aromatic N) is 3. The fourth-order valence-corrected chi connectivity index (χ4v) is 6.13. The van der Waals surface area contributed by atoms with E-state index in [2.05, 4.69) is 6.07 Å². The van der Waals surface area contributed by atoms with Crippen molar-refractivity contribution >= 4 is 40.9 Å². The second kappa shape index (κ2) is 11.4. The minimum Gasteiger partial charge on any atom is -0.343 e. The highest BCUT2D eigenvalue weighted by atomic mass is 35.5. The van der Waals surface area contributed by atoms with E-state index >= 15 is 0 Å². The number of benzene rings is 2. The van der Waals surface area contributed by atoms with Crippen LogP contribution in [0.15, 0.2) is 36.4 Å². The minimum atomic E-state index is -0.107. The van der Waals surface area contributed by atoms with Gasteiger partial charge in [0, 0.05) is 63.6 Å². The molecule has 0 N–H and O–H groups in total. The number of hydrogen-bond acceptors (Lipinski definition) is 3. The Morgan fingerprint density at radius 1 is 0.865 bits per heavy atom. The Kier molecular flexibility index (Phi) is 8.49. The van der Waals surface area contributed by atoms with E-state index in [-0.39, 0.29) is 35.6 Å². The predicted octanol–water partition coefficient (Wildman–Crippen LogP) is 5.33. The second-order valence-electron chi connectivity index (χ2n) is 10.5. The molecule has 2 aromatic carbocycles. The van der Waals surface area contributed by atoms with Crippen LogP contribution >= 0.6 is 23.2 Å². The summed E-state index contributed by atoms with van der Waals surface area (Å²) >= 11 is 12.6. The van der Waals surface area contributed by atoms with Crippen molar-refractivity contribution < 1.29 is 14.4 Å². The molecule has 0 saturated carbocycles. The number of piperidine rings is 2. The average Bonchev–Trinajstić information content (AvgIpc) is 2.88. The van der Waals surface area contributed by atoms with E-state index in [1.54, 1.807) is 13.0 Å². The molecule has 0 spiro atoms. The van der Waals surface area contributed by atoms with E-state index in [9.17, 15) is 14.4 Å². The van der Waals surface area contributed by atoms with Crippen molar-refractivity contribution in [1.29, 1.82) is 0 Å². The number of likely N-dealkylation sites (N-methyl/N-ethyl adjacent to an activating group) is 1. The van der Waals surface area contributed by atoms with Gasteiger partial charge in [-0.2, -0.15) is 0 Å². The lowest BCUT2D eigenvalue weighted by molar-refractivity contribution is -0.141. The van der Waals surface area contributed by atoms with Crippen LogP contribution in [0.2, 0.25) is 10.0 Å². The molecule has 198 valence electrons. The maximum atomic E-state index is 13.6. The molecule has 6 nitrogen and oxygen atoms in total. The number of rotatable bonds is 4. The maximum Gasteiger partial charge on any atom is 0.253 e. The monoisotopic (exact) mass is 543 g/mol. The van der Waals surface area contributed by atoms with Crippen LogP contribution in [-0.2, 0) is 9.59 Å². The number of halogens is 2. The average molecular weight is 545 g/mol. The zero-order valence-electron chi connectivity index (χ0n) is 22.0. The third-order valence-electron chi connectivity index (χ3n) is 7.84. The molecule has 2 saturated heterocycles. The van der Waals surface area contributed by atoms with Crippen molar-refractivity contribution in [3.05, 3.63) is 68.7 Å². The van der Waals surface area contributed by atoms with Crippen LogP contribution in [0.1, 0.15) is 59.2 Å². The Morgan fingerprint density at radius 3 is 2.08 bits per heavy atom. The van der Waals surface area contributed by atoms with Crippen LogP contribution < -0.4 is 0 Å². The van der Waals surface area contributed by atoms with Gasteiger partial charge in [-0.25, -0.2) is 0 Å². The molecule has 2 aliphatic rings. The highest BCUT2D eigenvalue weighted by Crippen LogP contribution is 2.35. The van der Waals surface area contributed by atoms with Gasteiger partial charge in [-0.3, -0.25) is 14.4 Å². The van der Waals surface area contributed by atoms with Crippen LogP contribution in [0.4, 0.5) is 0 Å². The Bertz CT molecular complexity index is 1170. The van der Waals surface area contributed by atoms with Crippen LogP contribution in [0, 0.1) is 19.8 Å². The molecule has 2 unspecified atom stereocenters. The number of hydrogen-bond donors (Lipinski definition) is 0. The SMILES string of the molecule is CC(=O)N1CCC(C(=O)N2CCC(N(C)C(=O)c3cc(C)cc(C)c3)C(c3ccc(Cl)c(Cl)c3)C2)CC1. The van der Waals surface area contributed by atoms with E-state index in [4.69, 9.17) is 23.2 Å². The molecule has 8 heteroatoms. The molecule has 0 radical (unpaired) electrons. The summed E-state index contributed by atoms with van der Waals surface area (Å²) in [6.45, 7) is 7.87. The summed E-state index contributed by atoms with van der Waals surface area (Å²) in [6, 6.07) is 11.4. The minimum absolute atomic E-state index is 0.0294. The number of carbonyl (C=O) groups excluding carboxylic acids is 3. The van der Waals surface area contributed by atoms with Crippen molar-refractivity contribution in [3.63, 3.8) is 0 Å². The molecule has 0 aromatic heterocycles. The van der Waals surface area contributed by atoms with E-state index < -0.39 is 0 Å². The maximum absolute atomic E-state index is 13.6. The van der Waals surface area contributed by atoms with Gasteiger partial charge in [-0.15, -0.1) is 0 Å². The molecule has 37 heavy (non-hydrogen) atoms. The molecule has 3 amide bonds. The molecule has 2 aliphatic heterocycles. The highest BCUT2D eigenvalue weighted by Gasteiger charge is 2.39. The topological polar surface area (TPSA) is 60.9 Å². The number of aryl methyl sites for hydroxylation is 2. The molecule has 2 fully saturated rings. The zero-order chi connectivity index (χ0) is 26.9. The summed E-state index contributed by atoms with van der Waals surface area (Å²) < 4.78 is 0. The van der Waals surface area contributed by atoms with Crippen LogP contribution in [0.3, 0.4) is 0 Å². The summed E-state index contributed by atoms with van der Waals surface area (Å²) in [6.07, 6.45) is 2.03. The van der Waals surface area contributed by atoms with Crippen molar-refractivity contribution in [3.8, 4) is 0 Å². The van der Waals surface area contributed by atoms with E-state index in [1.165, 1.54) is 0 Å². The molecule has 0 bridgehead atoms. The summed E-state index contributed by atoms with van der Waals surface area (Å²) in [5.41, 5.74) is 3.73. The number of amides is 3. The first-order valence-electron chi connectivity index (χ1n) is 12.9. The molecular formula is C29H35Cl2N3O3. The summed E-state index contributed by atoms with van der Waals surface area (Å²) in [4.78, 5) is 44.4. The molecule has 2 aromatic rings. The van der Waals surface area contributed by atoms with Gasteiger partial charge in [-0.05, 0) is 62.9 Å². The largest absolute Gasteiger partial charge is 0.343 e. The first-order valence-corrected chi connectivity index (χ1v) is 13.7. The molecule has 2 atom stereocenters. The summed E-state index contributed by atoms with van der Waals surface area (Å²) in [5, 5.41) is 0.934. The third-order valence-corrected chi connectivity index (χ3v) is 8.57. The van der Waals surface area contributed by atoms with Crippen LogP contribution in [0.5, 0.6) is 0 Å². The first-order chi connectivity index (χ1) is 17.5. The smallest absolute Gasteiger partial charge is 0.253 e. The lowest BCUT2D eigenvalue weighted by Crippen LogP contribution is -2.53. The van der Waals surface area contributed by atoms with Gasteiger partial charge in [0.15, 0.2) is 0 Å². The fourth-order valence-electron chi connectivity index (χ4n) is 5.83. The van der Waals surface area contributed by atoms with Gasteiger partial charge >= 0.3 is 0 Å². The van der Waals surface area contributed by atoms with Crippen LogP contribution in [0.25, 0.3) is 0 Å². The zero-order valence-corrected chi connectivity index (χ0v) is 23.5. The second-order valence-corrected chi connectivity index (χ2v) is 11.3. The van der Waals surface area contributed by atoms with E-state index in [1.807, 2.05) is 59.9 Å². The Hall–Kier alpha value is -2.57. The van der Waals surface area contributed by atoms with Crippen molar-refractivity contribution in [2.75, 3.05) is 33.2 Å². The van der Waals surface area contributed by atoms with Gasteiger partial charge in [0.2, 0.25) is 11.8 Å². The summed E-state index contributed by atoms with van der Waals surface area (Å²) in [5.74, 6) is -0.0305. The lowest BCUT2D eigenvalue weighted by Gasteiger charge is -2.44. The highest BCUT2D eigenvalue weighted by molar-refractivity contribution is 6.42. The van der Waals surface area contributed by atoms with Gasteiger partial charge in [0.05, 0.1) is 10.0 Å². The van der Waals surface area contributed by atoms with Gasteiger partial charge < -0.3 is 14.7 Å². The third kappa shape index (κ3) is 6.12. The van der Waals surface area contributed by atoms with E-state index in [0.717, 1.165) is 16.7 Å². The number of carbonyl (C=O) groups is 3. The van der Waals surface area contributed by atoms with Gasteiger partial charge in [0.25, 0.3) is 5.91 Å².